The van der Waals surface area contributed by atoms with Crippen LogP contribution in [-0.4, -0.2) is 33.4 Å². The smallest absolute Gasteiger partial charge is 0.338 e. The van der Waals surface area contributed by atoms with Crippen molar-refractivity contribution in [2.24, 2.45) is 0 Å². The van der Waals surface area contributed by atoms with E-state index in [2.05, 4.69) is 10.0 Å². The van der Waals surface area contributed by atoms with Crippen LogP contribution in [-0.2, 0) is 14.8 Å². The predicted octanol–water partition coefficient (Wildman–Crippen LogP) is 3.56. The summed E-state index contributed by atoms with van der Waals surface area (Å²) in [7, 11) is -2.40. The van der Waals surface area contributed by atoms with Crippen molar-refractivity contribution in [2.75, 3.05) is 12.4 Å². The minimum Gasteiger partial charge on any atom is -0.465 e. The molecule has 1 aliphatic carbocycles. The molecule has 8 heteroatoms. The van der Waals surface area contributed by atoms with E-state index in [1.54, 1.807) is 31.2 Å². The Labute approximate surface area is 176 Å². The van der Waals surface area contributed by atoms with Crippen LogP contribution in [0.15, 0.2) is 41.3 Å². The van der Waals surface area contributed by atoms with Crippen LogP contribution in [0.5, 0.6) is 0 Å². The summed E-state index contributed by atoms with van der Waals surface area (Å²) in [6.07, 6.45) is 3.68. The number of rotatable bonds is 6. The summed E-state index contributed by atoms with van der Waals surface area (Å²) in [5.74, 6) is -0.954. The van der Waals surface area contributed by atoms with Crippen LogP contribution < -0.4 is 10.0 Å². The van der Waals surface area contributed by atoms with Gasteiger partial charge in [0.1, 0.15) is 0 Å². The number of aryl methyl sites for hydroxylation is 1. The van der Waals surface area contributed by atoms with Gasteiger partial charge >= 0.3 is 5.97 Å². The third-order valence-corrected chi connectivity index (χ3v) is 6.93. The molecule has 1 aliphatic rings. The number of hydrogen-bond donors (Lipinski definition) is 2. The molecule has 0 aromatic heterocycles. The molecule has 0 saturated heterocycles. The summed E-state index contributed by atoms with van der Waals surface area (Å²) in [4.78, 5) is 24.8. The molecule has 0 heterocycles. The molecule has 0 atom stereocenters. The van der Waals surface area contributed by atoms with Crippen molar-refractivity contribution < 1.29 is 22.7 Å². The number of nitrogens with one attached hydrogen (secondary N) is 2. The Hall–Kier alpha value is -2.71. The molecule has 0 unspecified atom stereocenters. The van der Waals surface area contributed by atoms with Crippen LogP contribution in [0.2, 0.25) is 0 Å². The summed E-state index contributed by atoms with van der Waals surface area (Å²) in [6, 6.07) is 9.16. The van der Waals surface area contributed by atoms with Gasteiger partial charge in [-0.2, -0.15) is 0 Å². The normalized spacial score (nSPS) is 14.5. The van der Waals surface area contributed by atoms with Crippen LogP contribution in [0.4, 0.5) is 5.69 Å². The Morgan fingerprint density at radius 3 is 2.43 bits per heavy atom. The summed E-state index contributed by atoms with van der Waals surface area (Å²) >= 11 is 0. The fraction of sp³-hybridized carbons (Fsp3) is 0.364. The van der Waals surface area contributed by atoms with E-state index in [4.69, 9.17) is 4.74 Å². The molecule has 3 rings (SSSR count). The van der Waals surface area contributed by atoms with Gasteiger partial charge in [0.05, 0.1) is 17.6 Å². The van der Waals surface area contributed by atoms with E-state index in [-0.39, 0.29) is 16.5 Å². The molecule has 1 saturated carbocycles. The Balaban J connectivity index is 1.82. The highest BCUT2D eigenvalue weighted by Gasteiger charge is 2.23. The Morgan fingerprint density at radius 1 is 1.07 bits per heavy atom. The summed E-state index contributed by atoms with van der Waals surface area (Å²) < 4.78 is 32.8. The molecule has 2 aromatic rings. The van der Waals surface area contributed by atoms with Crippen LogP contribution >= 0.6 is 0 Å². The number of benzene rings is 2. The molecule has 30 heavy (non-hydrogen) atoms. The molecular formula is C22H26N2O5S. The first-order valence-corrected chi connectivity index (χ1v) is 11.3. The van der Waals surface area contributed by atoms with Crippen molar-refractivity contribution in [3.8, 4) is 0 Å². The number of methoxy groups -OCH3 is 1. The molecule has 0 spiro atoms. The van der Waals surface area contributed by atoms with Crippen molar-refractivity contribution in [1.29, 1.82) is 0 Å². The van der Waals surface area contributed by atoms with Gasteiger partial charge in [-0.15, -0.1) is 0 Å². The lowest BCUT2D eigenvalue weighted by atomic mass is 10.0. The second kappa shape index (κ2) is 8.97. The van der Waals surface area contributed by atoms with Gasteiger partial charge in [0.2, 0.25) is 10.0 Å². The fourth-order valence-corrected chi connectivity index (χ4v) is 4.94. The number of carbonyl (C=O) groups excluding carboxylic acids is 2. The average molecular weight is 431 g/mol. The minimum atomic E-state index is -3.70. The summed E-state index contributed by atoms with van der Waals surface area (Å²) in [5.41, 5.74) is 2.60. The zero-order valence-corrected chi connectivity index (χ0v) is 18.1. The summed E-state index contributed by atoms with van der Waals surface area (Å²) in [5, 5.41) is 2.74. The van der Waals surface area contributed by atoms with Gasteiger partial charge in [0, 0.05) is 17.3 Å². The Kier molecular flexibility index (Phi) is 6.58. The number of anilines is 1. The van der Waals surface area contributed by atoms with E-state index in [0.29, 0.717) is 11.3 Å². The van der Waals surface area contributed by atoms with E-state index in [0.717, 1.165) is 36.8 Å². The predicted molar refractivity (Wildman–Crippen MR) is 114 cm³/mol. The van der Waals surface area contributed by atoms with Crippen molar-refractivity contribution in [2.45, 2.75) is 50.5 Å². The maximum atomic E-state index is 12.7. The Bertz CT molecular complexity index is 1070. The molecular weight excluding hydrogens is 404 g/mol. The molecule has 160 valence electrons. The zero-order chi connectivity index (χ0) is 21.9. The standard InChI is InChI=1S/C22H26N2O5S/c1-14-11-18(13-20(15(14)2)22(26)29-3)23-21(25)16-7-6-10-19(12-16)30(27,28)24-17-8-4-5-9-17/h6-7,10-13,17,24H,4-5,8-9H2,1-3H3,(H,23,25). The van der Waals surface area contributed by atoms with Crippen molar-refractivity contribution in [3.63, 3.8) is 0 Å². The molecule has 2 N–H and O–H groups in total. The van der Waals surface area contributed by atoms with E-state index in [9.17, 15) is 18.0 Å². The second-order valence-corrected chi connectivity index (χ2v) is 9.26. The van der Waals surface area contributed by atoms with Gasteiger partial charge in [-0.3, -0.25) is 4.79 Å². The first-order valence-electron chi connectivity index (χ1n) is 9.84. The molecule has 0 bridgehead atoms. The lowest BCUT2D eigenvalue weighted by Crippen LogP contribution is -2.32. The minimum absolute atomic E-state index is 0.0531. The highest BCUT2D eigenvalue weighted by atomic mass is 32.2. The van der Waals surface area contributed by atoms with Crippen molar-refractivity contribution in [1.82, 2.24) is 4.72 Å². The Morgan fingerprint density at radius 2 is 1.77 bits per heavy atom. The average Bonchev–Trinajstić information content (AvgIpc) is 3.22. The van der Waals surface area contributed by atoms with Gasteiger partial charge < -0.3 is 10.1 Å². The van der Waals surface area contributed by atoms with E-state index < -0.39 is 21.9 Å². The SMILES string of the molecule is COC(=O)c1cc(NC(=O)c2cccc(S(=O)(=O)NC3CCCC3)c2)cc(C)c1C. The lowest BCUT2D eigenvalue weighted by Gasteiger charge is -2.14. The third-order valence-electron chi connectivity index (χ3n) is 5.41. The monoisotopic (exact) mass is 430 g/mol. The molecule has 1 fully saturated rings. The van der Waals surface area contributed by atoms with Crippen molar-refractivity contribution in [3.05, 3.63) is 58.7 Å². The summed E-state index contributed by atoms with van der Waals surface area (Å²) in [6.45, 7) is 3.64. The lowest BCUT2D eigenvalue weighted by molar-refractivity contribution is 0.0599. The topological polar surface area (TPSA) is 102 Å². The maximum Gasteiger partial charge on any atom is 0.338 e. The van der Waals surface area contributed by atoms with Gasteiger partial charge in [-0.25, -0.2) is 17.9 Å². The third kappa shape index (κ3) is 4.88. The molecule has 7 nitrogen and oxygen atoms in total. The highest BCUT2D eigenvalue weighted by molar-refractivity contribution is 7.89. The first-order chi connectivity index (χ1) is 14.2. The van der Waals surface area contributed by atoms with Gasteiger partial charge in [0.25, 0.3) is 5.91 Å². The van der Waals surface area contributed by atoms with Crippen molar-refractivity contribution >= 4 is 27.6 Å². The molecule has 1 amide bonds. The van der Waals surface area contributed by atoms with Crippen LogP contribution in [0.3, 0.4) is 0 Å². The molecule has 0 aliphatic heterocycles. The van der Waals surface area contributed by atoms with Gasteiger partial charge in [-0.05, 0) is 68.1 Å². The fourth-order valence-electron chi connectivity index (χ4n) is 3.59. The first kappa shape index (κ1) is 22.0. The number of carbonyl (C=O) groups is 2. The van der Waals surface area contributed by atoms with Gasteiger partial charge in [0.15, 0.2) is 0 Å². The number of hydrogen-bond acceptors (Lipinski definition) is 5. The van der Waals surface area contributed by atoms with E-state index in [1.807, 2.05) is 6.92 Å². The van der Waals surface area contributed by atoms with Crippen LogP contribution in [0, 0.1) is 13.8 Å². The second-order valence-electron chi connectivity index (χ2n) is 7.54. The number of ether oxygens (including phenoxy) is 1. The van der Waals surface area contributed by atoms with E-state index >= 15 is 0 Å². The van der Waals surface area contributed by atoms with Gasteiger partial charge in [-0.1, -0.05) is 18.9 Å². The van der Waals surface area contributed by atoms with Crippen LogP contribution in [0.1, 0.15) is 57.5 Å². The molecule has 0 radical (unpaired) electrons. The number of esters is 1. The highest BCUT2D eigenvalue weighted by Crippen LogP contribution is 2.23. The molecule has 2 aromatic carbocycles. The van der Waals surface area contributed by atoms with Crippen LogP contribution in [0.25, 0.3) is 0 Å². The largest absolute Gasteiger partial charge is 0.465 e. The number of sulfonamides is 1. The quantitative estimate of drug-likeness (QED) is 0.683. The number of amides is 1. The van der Waals surface area contributed by atoms with E-state index in [1.165, 1.54) is 19.2 Å². The maximum absolute atomic E-state index is 12.7. The zero-order valence-electron chi connectivity index (χ0n) is 17.3.